The maximum Gasteiger partial charge on any atom is 0.177 e. The van der Waals surface area contributed by atoms with Gasteiger partial charge in [-0.1, -0.05) is 34.8 Å². The summed E-state index contributed by atoms with van der Waals surface area (Å²) in [6.45, 7) is 2.80. The molecule has 1 aliphatic heterocycles. The van der Waals surface area contributed by atoms with Gasteiger partial charge in [-0.3, -0.25) is 0 Å². The normalized spacial score (nSPS) is 18.5. The Hall–Kier alpha value is -0.880. The molecule has 1 unspecified atom stereocenters. The van der Waals surface area contributed by atoms with Crippen molar-refractivity contribution < 1.29 is 9.94 Å². The molecule has 1 fully saturated rings. The lowest BCUT2D eigenvalue weighted by atomic mass is 10.1. The number of halogens is 2. The van der Waals surface area contributed by atoms with Gasteiger partial charge in [-0.15, -0.1) is 0 Å². The quantitative estimate of drug-likeness (QED) is 0.494. The number of piperidine rings is 1. The Morgan fingerprint density at radius 2 is 2.14 bits per heavy atom. The second kappa shape index (κ2) is 8.54. The zero-order valence-corrected chi connectivity index (χ0v) is 13.2. The van der Waals surface area contributed by atoms with Gasteiger partial charge in [0.15, 0.2) is 5.17 Å². The molecule has 0 spiro atoms. The first-order valence-electron chi connectivity index (χ1n) is 7.03. The molecule has 1 N–H and O–H groups in total. The molecule has 1 atom stereocenters. The molecule has 0 amide bonds. The van der Waals surface area contributed by atoms with Crippen LogP contribution in [0.5, 0.6) is 0 Å². The Morgan fingerprint density at radius 1 is 1.38 bits per heavy atom. The number of likely N-dealkylation sites (tertiary alicyclic amines) is 1. The van der Waals surface area contributed by atoms with E-state index in [0.29, 0.717) is 17.3 Å². The standard InChI is InChI=1S/C14H19Cl2N3O2/c15-13-5-4-11(8-17-13)14(16)18-21-10-12(20)9-19-6-2-1-3-7-19/h4-5,8,12,20H,1-3,6-7,9-10H2. The summed E-state index contributed by atoms with van der Waals surface area (Å²) in [7, 11) is 0. The van der Waals surface area contributed by atoms with Crippen molar-refractivity contribution >= 4 is 28.4 Å². The first-order valence-corrected chi connectivity index (χ1v) is 7.78. The Kier molecular flexibility index (Phi) is 6.70. The third-order valence-corrected chi connectivity index (χ3v) is 3.81. The zero-order valence-electron chi connectivity index (χ0n) is 11.7. The second-order valence-electron chi connectivity index (χ2n) is 5.06. The van der Waals surface area contributed by atoms with Gasteiger partial charge < -0.3 is 14.8 Å². The highest BCUT2D eigenvalue weighted by molar-refractivity contribution is 6.69. The average molecular weight is 332 g/mol. The van der Waals surface area contributed by atoms with E-state index in [1.165, 1.54) is 25.5 Å². The van der Waals surface area contributed by atoms with Crippen molar-refractivity contribution in [2.24, 2.45) is 5.16 Å². The first kappa shape index (κ1) is 16.5. The molecule has 21 heavy (non-hydrogen) atoms. The van der Waals surface area contributed by atoms with E-state index in [4.69, 9.17) is 28.0 Å². The minimum absolute atomic E-state index is 0.119. The van der Waals surface area contributed by atoms with Gasteiger partial charge in [-0.05, 0) is 38.1 Å². The number of nitrogens with zero attached hydrogens (tertiary/aromatic N) is 3. The largest absolute Gasteiger partial charge is 0.392 e. The molecule has 1 aliphatic rings. The van der Waals surface area contributed by atoms with E-state index in [1.807, 2.05) is 0 Å². The van der Waals surface area contributed by atoms with Crippen molar-refractivity contribution in [2.45, 2.75) is 25.4 Å². The summed E-state index contributed by atoms with van der Waals surface area (Å²) in [4.78, 5) is 11.3. The lowest BCUT2D eigenvalue weighted by Gasteiger charge is -2.27. The Bertz CT molecular complexity index is 462. The topological polar surface area (TPSA) is 58.0 Å². The summed E-state index contributed by atoms with van der Waals surface area (Å²) in [5.41, 5.74) is 0.617. The van der Waals surface area contributed by atoms with Gasteiger partial charge in [0.1, 0.15) is 17.9 Å². The number of pyridine rings is 1. The van der Waals surface area contributed by atoms with E-state index in [-0.39, 0.29) is 11.8 Å². The fourth-order valence-electron chi connectivity index (χ4n) is 2.22. The van der Waals surface area contributed by atoms with Crippen LogP contribution in [-0.2, 0) is 4.84 Å². The Balaban J connectivity index is 1.74. The average Bonchev–Trinajstić information content (AvgIpc) is 2.49. The van der Waals surface area contributed by atoms with Gasteiger partial charge in [-0.25, -0.2) is 4.98 Å². The van der Waals surface area contributed by atoms with Crippen LogP contribution in [0.15, 0.2) is 23.5 Å². The molecule has 1 saturated heterocycles. The highest BCUT2D eigenvalue weighted by Gasteiger charge is 2.15. The first-order chi connectivity index (χ1) is 10.1. The highest BCUT2D eigenvalue weighted by Crippen LogP contribution is 2.10. The number of aromatic nitrogens is 1. The summed E-state index contributed by atoms with van der Waals surface area (Å²) in [6, 6.07) is 3.33. The van der Waals surface area contributed by atoms with Crippen LogP contribution in [0.1, 0.15) is 24.8 Å². The van der Waals surface area contributed by atoms with Crippen molar-refractivity contribution in [3.05, 3.63) is 29.0 Å². The van der Waals surface area contributed by atoms with Gasteiger partial charge in [0.05, 0.1) is 0 Å². The van der Waals surface area contributed by atoms with Gasteiger partial charge in [-0.2, -0.15) is 0 Å². The number of aliphatic hydroxyl groups is 1. The van der Waals surface area contributed by atoms with Crippen LogP contribution in [0.3, 0.4) is 0 Å². The molecule has 7 heteroatoms. The summed E-state index contributed by atoms with van der Waals surface area (Å²) >= 11 is 11.7. The molecule has 5 nitrogen and oxygen atoms in total. The van der Waals surface area contributed by atoms with Crippen molar-refractivity contribution in [2.75, 3.05) is 26.2 Å². The van der Waals surface area contributed by atoms with Crippen molar-refractivity contribution in [1.29, 1.82) is 0 Å². The molecule has 0 bridgehead atoms. The number of rotatable bonds is 6. The molecule has 0 aliphatic carbocycles. The van der Waals surface area contributed by atoms with Crippen LogP contribution in [0.4, 0.5) is 0 Å². The molecule has 0 radical (unpaired) electrons. The van der Waals surface area contributed by atoms with E-state index in [9.17, 15) is 5.11 Å². The van der Waals surface area contributed by atoms with Crippen molar-refractivity contribution in [3.63, 3.8) is 0 Å². The molecule has 0 aromatic carbocycles. The molecule has 0 saturated carbocycles. The molecular formula is C14H19Cl2N3O2. The third kappa shape index (κ3) is 5.79. The van der Waals surface area contributed by atoms with Crippen LogP contribution in [0.25, 0.3) is 0 Å². The van der Waals surface area contributed by atoms with Crippen LogP contribution in [-0.4, -0.2) is 52.5 Å². The fraction of sp³-hybridized carbons (Fsp3) is 0.571. The smallest absolute Gasteiger partial charge is 0.177 e. The summed E-state index contributed by atoms with van der Waals surface area (Å²) in [6.07, 6.45) is 4.61. The number of hydrogen-bond acceptors (Lipinski definition) is 5. The van der Waals surface area contributed by atoms with Crippen molar-refractivity contribution in [3.8, 4) is 0 Å². The summed E-state index contributed by atoms with van der Waals surface area (Å²) < 4.78 is 0. The predicted octanol–water partition coefficient (Wildman–Crippen LogP) is 2.50. The van der Waals surface area contributed by atoms with E-state index >= 15 is 0 Å². The zero-order chi connectivity index (χ0) is 15.1. The van der Waals surface area contributed by atoms with E-state index in [2.05, 4.69) is 15.0 Å². The van der Waals surface area contributed by atoms with Gasteiger partial charge in [0.2, 0.25) is 0 Å². The highest BCUT2D eigenvalue weighted by atomic mass is 35.5. The summed E-state index contributed by atoms with van der Waals surface area (Å²) in [5.74, 6) is 0. The van der Waals surface area contributed by atoms with Gasteiger partial charge in [0, 0.05) is 18.3 Å². The maximum absolute atomic E-state index is 9.91. The van der Waals surface area contributed by atoms with E-state index in [1.54, 1.807) is 12.1 Å². The molecule has 2 heterocycles. The molecule has 2 rings (SSSR count). The van der Waals surface area contributed by atoms with Crippen molar-refractivity contribution in [1.82, 2.24) is 9.88 Å². The van der Waals surface area contributed by atoms with Crippen LogP contribution < -0.4 is 0 Å². The van der Waals surface area contributed by atoms with E-state index in [0.717, 1.165) is 13.1 Å². The number of oxime groups is 1. The fourth-order valence-corrected chi connectivity index (χ4v) is 2.50. The van der Waals surface area contributed by atoms with Crippen LogP contribution >= 0.6 is 23.2 Å². The van der Waals surface area contributed by atoms with Gasteiger partial charge in [0.25, 0.3) is 0 Å². The molecular weight excluding hydrogens is 313 g/mol. The molecule has 1 aromatic heterocycles. The van der Waals surface area contributed by atoms with Gasteiger partial charge >= 0.3 is 0 Å². The number of hydrogen-bond donors (Lipinski definition) is 1. The Labute approximate surface area is 134 Å². The number of aliphatic hydroxyl groups excluding tert-OH is 1. The lowest BCUT2D eigenvalue weighted by molar-refractivity contribution is 0.0161. The minimum Gasteiger partial charge on any atom is -0.392 e. The third-order valence-electron chi connectivity index (χ3n) is 3.29. The second-order valence-corrected chi connectivity index (χ2v) is 5.81. The molecule has 116 valence electrons. The monoisotopic (exact) mass is 331 g/mol. The summed E-state index contributed by atoms with van der Waals surface area (Å²) in [5, 5.41) is 14.3. The van der Waals surface area contributed by atoms with Crippen LogP contribution in [0, 0.1) is 0 Å². The predicted molar refractivity (Wildman–Crippen MR) is 83.9 cm³/mol. The number of β-amino-alcohol motifs (C(OH)–C–C–N with tert-alkyl or cyclic N) is 1. The Morgan fingerprint density at radius 3 is 2.81 bits per heavy atom. The minimum atomic E-state index is -0.570. The lowest BCUT2D eigenvalue weighted by Crippen LogP contribution is -2.38. The van der Waals surface area contributed by atoms with Crippen LogP contribution in [0.2, 0.25) is 5.15 Å². The SMILES string of the molecule is OC(CON=C(Cl)c1ccc(Cl)nc1)CN1CCCCC1. The van der Waals surface area contributed by atoms with E-state index < -0.39 is 6.10 Å². The maximum atomic E-state index is 9.91. The molecule has 1 aromatic rings.